The predicted molar refractivity (Wildman–Crippen MR) is 71.7 cm³/mol. The molecule has 2 heterocycles. The van der Waals surface area contributed by atoms with E-state index in [1.807, 2.05) is 0 Å². The Labute approximate surface area is 117 Å². The molecule has 0 aliphatic carbocycles. The van der Waals surface area contributed by atoms with E-state index in [1.54, 1.807) is 11.8 Å². The summed E-state index contributed by atoms with van der Waals surface area (Å²) in [7, 11) is 0. The van der Waals surface area contributed by atoms with Crippen molar-refractivity contribution < 1.29 is 14.0 Å². The first-order valence-electron chi connectivity index (χ1n) is 6.93. The molecule has 4 nitrogen and oxygen atoms in total. The largest absolute Gasteiger partial charge is 0.354 e. The van der Waals surface area contributed by atoms with Crippen molar-refractivity contribution in [1.29, 1.82) is 0 Å². The number of nitrogens with one attached hydrogen (secondary N) is 1. The quantitative estimate of drug-likeness (QED) is 0.844. The number of rotatable bonds is 1. The number of nitrogens with zero attached hydrogens (tertiary/aromatic N) is 1. The number of aryl methyl sites for hydroxylation is 1. The van der Waals surface area contributed by atoms with E-state index < -0.39 is 0 Å². The first kappa shape index (κ1) is 13.1. The average Bonchev–Trinajstić information content (AvgIpc) is 2.80. The van der Waals surface area contributed by atoms with E-state index in [0.29, 0.717) is 24.2 Å². The normalized spacial score (nSPS) is 25.3. The number of hydrogen-bond donors (Lipinski definition) is 1. The second-order valence-electron chi connectivity index (χ2n) is 5.52. The van der Waals surface area contributed by atoms with Gasteiger partial charge in [0.1, 0.15) is 5.82 Å². The fraction of sp³-hybridized carbons (Fsp3) is 0.467. The number of likely N-dealkylation sites (tertiary alicyclic amines) is 1. The molecule has 0 bridgehead atoms. The van der Waals surface area contributed by atoms with Crippen LogP contribution in [0.3, 0.4) is 0 Å². The summed E-state index contributed by atoms with van der Waals surface area (Å²) in [6.45, 7) is 2.91. The predicted octanol–water partition coefficient (Wildman–Crippen LogP) is 1.48. The summed E-state index contributed by atoms with van der Waals surface area (Å²) < 4.78 is 13.1. The van der Waals surface area contributed by atoms with Gasteiger partial charge in [0.2, 0.25) is 5.91 Å². The summed E-state index contributed by atoms with van der Waals surface area (Å²) in [6, 6.07) is 4.14. The number of carbonyl (C=O) groups excluding carboxylic acids is 2. The fourth-order valence-electron chi connectivity index (χ4n) is 3.23. The van der Waals surface area contributed by atoms with Gasteiger partial charge >= 0.3 is 0 Å². The number of fused-ring (bicyclic) bond motifs is 1. The summed E-state index contributed by atoms with van der Waals surface area (Å²) in [5.74, 6) is -0.487. The van der Waals surface area contributed by atoms with Gasteiger partial charge in [0.15, 0.2) is 0 Å². The van der Waals surface area contributed by atoms with Gasteiger partial charge in [-0.25, -0.2) is 4.39 Å². The zero-order chi connectivity index (χ0) is 14.3. The lowest BCUT2D eigenvalue weighted by Crippen LogP contribution is -2.48. The molecule has 1 N–H and O–H groups in total. The Bertz CT molecular complexity index is 573. The molecule has 2 aliphatic heterocycles. The monoisotopic (exact) mass is 276 g/mol. The Morgan fingerprint density at radius 3 is 3.00 bits per heavy atom. The minimum absolute atomic E-state index is 0.0447. The van der Waals surface area contributed by atoms with Crippen molar-refractivity contribution in [3.05, 3.63) is 35.1 Å². The molecule has 106 valence electrons. The third kappa shape index (κ3) is 2.07. The van der Waals surface area contributed by atoms with E-state index in [1.165, 1.54) is 18.2 Å². The Morgan fingerprint density at radius 1 is 1.45 bits per heavy atom. The molecule has 20 heavy (non-hydrogen) atoms. The second kappa shape index (κ2) is 4.89. The van der Waals surface area contributed by atoms with Gasteiger partial charge in [-0.15, -0.1) is 0 Å². The number of halogens is 1. The van der Waals surface area contributed by atoms with Gasteiger partial charge in [-0.1, -0.05) is 0 Å². The van der Waals surface area contributed by atoms with Crippen molar-refractivity contribution >= 4 is 11.8 Å². The number of amides is 2. The van der Waals surface area contributed by atoms with E-state index in [4.69, 9.17) is 0 Å². The van der Waals surface area contributed by atoms with Crippen LogP contribution in [-0.2, 0) is 4.79 Å². The highest BCUT2D eigenvalue weighted by molar-refractivity contribution is 5.96. The summed E-state index contributed by atoms with van der Waals surface area (Å²) in [5, 5.41) is 2.83. The maximum absolute atomic E-state index is 13.1. The van der Waals surface area contributed by atoms with Gasteiger partial charge in [-0.05, 0) is 43.5 Å². The van der Waals surface area contributed by atoms with Crippen molar-refractivity contribution in [2.75, 3.05) is 13.1 Å². The lowest BCUT2D eigenvalue weighted by molar-refractivity contribution is -0.123. The molecular formula is C15H17FN2O2. The molecule has 3 rings (SSSR count). The van der Waals surface area contributed by atoms with Crippen LogP contribution in [0.15, 0.2) is 18.2 Å². The summed E-state index contributed by atoms with van der Waals surface area (Å²) in [5.41, 5.74) is 1.15. The number of piperidine rings is 1. The fourth-order valence-corrected chi connectivity index (χ4v) is 3.23. The lowest BCUT2D eigenvalue weighted by Gasteiger charge is -2.36. The second-order valence-corrected chi connectivity index (χ2v) is 5.52. The zero-order valence-corrected chi connectivity index (χ0v) is 11.4. The first-order valence-corrected chi connectivity index (χ1v) is 6.93. The van der Waals surface area contributed by atoms with Crippen LogP contribution in [0, 0.1) is 18.7 Å². The van der Waals surface area contributed by atoms with Crippen molar-refractivity contribution in [2.45, 2.75) is 25.8 Å². The third-order valence-corrected chi connectivity index (χ3v) is 4.28. The van der Waals surface area contributed by atoms with Crippen LogP contribution in [0.4, 0.5) is 4.39 Å². The molecule has 1 aromatic carbocycles. The summed E-state index contributed by atoms with van der Waals surface area (Å²) >= 11 is 0. The van der Waals surface area contributed by atoms with Gasteiger partial charge in [-0.2, -0.15) is 0 Å². The van der Waals surface area contributed by atoms with Gasteiger partial charge in [-0.3, -0.25) is 9.59 Å². The molecule has 2 atom stereocenters. The van der Waals surface area contributed by atoms with Crippen LogP contribution in [-0.4, -0.2) is 35.8 Å². The molecule has 0 radical (unpaired) electrons. The van der Waals surface area contributed by atoms with Crippen LogP contribution in [0.5, 0.6) is 0 Å². The Hall–Kier alpha value is -1.91. The molecule has 0 saturated carbocycles. The Morgan fingerprint density at radius 2 is 2.25 bits per heavy atom. The van der Waals surface area contributed by atoms with Crippen LogP contribution in [0.25, 0.3) is 0 Å². The molecule has 0 aromatic heterocycles. The summed E-state index contributed by atoms with van der Waals surface area (Å²) in [6.07, 6.45) is 1.67. The van der Waals surface area contributed by atoms with Crippen molar-refractivity contribution in [1.82, 2.24) is 10.2 Å². The highest BCUT2D eigenvalue weighted by Crippen LogP contribution is 2.29. The minimum Gasteiger partial charge on any atom is -0.354 e. The van der Waals surface area contributed by atoms with Crippen molar-refractivity contribution in [3.63, 3.8) is 0 Å². The third-order valence-electron chi connectivity index (χ3n) is 4.28. The van der Waals surface area contributed by atoms with Gasteiger partial charge in [0.05, 0.1) is 12.0 Å². The molecule has 2 amide bonds. The highest BCUT2D eigenvalue weighted by atomic mass is 19.1. The van der Waals surface area contributed by atoms with Crippen LogP contribution >= 0.6 is 0 Å². The lowest BCUT2D eigenvalue weighted by atomic mass is 9.90. The Balaban J connectivity index is 1.88. The average molecular weight is 276 g/mol. The van der Waals surface area contributed by atoms with Crippen LogP contribution < -0.4 is 5.32 Å². The van der Waals surface area contributed by atoms with E-state index in [-0.39, 0.29) is 29.6 Å². The number of benzene rings is 1. The van der Waals surface area contributed by atoms with E-state index in [0.717, 1.165) is 12.8 Å². The standard InChI is InChI=1S/C15H17FN2O2/c1-9-7-10(16)4-5-11(9)15(20)18-6-2-3-12-13(18)8-17-14(12)19/h4-5,7,12-13H,2-3,6,8H2,1H3,(H,17,19). The Kier molecular flexibility index (Phi) is 3.20. The van der Waals surface area contributed by atoms with Crippen LogP contribution in [0.1, 0.15) is 28.8 Å². The van der Waals surface area contributed by atoms with E-state index in [9.17, 15) is 14.0 Å². The molecule has 2 unspecified atom stereocenters. The van der Waals surface area contributed by atoms with Gasteiger partial charge in [0, 0.05) is 18.7 Å². The zero-order valence-electron chi connectivity index (χ0n) is 11.4. The molecule has 0 spiro atoms. The molecular weight excluding hydrogens is 259 g/mol. The maximum atomic E-state index is 13.1. The van der Waals surface area contributed by atoms with E-state index in [2.05, 4.69) is 5.32 Å². The summed E-state index contributed by atoms with van der Waals surface area (Å²) in [4.78, 5) is 26.1. The molecule has 2 saturated heterocycles. The van der Waals surface area contributed by atoms with Crippen molar-refractivity contribution in [2.24, 2.45) is 5.92 Å². The maximum Gasteiger partial charge on any atom is 0.254 e. The SMILES string of the molecule is Cc1cc(F)ccc1C(=O)N1CCCC2C(=O)NCC21. The van der Waals surface area contributed by atoms with Gasteiger partial charge in [0.25, 0.3) is 5.91 Å². The topological polar surface area (TPSA) is 49.4 Å². The number of carbonyl (C=O) groups is 2. The molecule has 1 aromatic rings. The minimum atomic E-state index is -0.340. The highest BCUT2D eigenvalue weighted by Gasteiger charge is 2.42. The van der Waals surface area contributed by atoms with Crippen molar-refractivity contribution in [3.8, 4) is 0 Å². The number of hydrogen-bond acceptors (Lipinski definition) is 2. The first-order chi connectivity index (χ1) is 9.58. The molecule has 2 aliphatic rings. The van der Waals surface area contributed by atoms with Gasteiger partial charge < -0.3 is 10.2 Å². The molecule has 2 fully saturated rings. The van der Waals surface area contributed by atoms with E-state index >= 15 is 0 Å². The molecule has 5 heteroatoms. The smallest absolute Gasteiger partial charge is 0.254 e. The van der Waals surface area contributed by atoms with Crippen LogP contribution in [0.2, 0.25) is 0 Å².